The van der Waals surface area contributed by atoms with Crippen molar-refractivity contribution in [3.63, 3.8) is 0 Å². The summed E-state index contributed by atoms with van der Waals surface area (Å²) in [5.74, 6) is -1.20. The van der Waals surface area contributed by atoms with E-state index >= 15 is 0 Å². The summed E-state index contributed by atoms with van der Waals surface area (Å²) < 4.78 is 5.55. The van der Waals surface area contributed by atoms with Crippen LogP contribution in [0.25, 0.3) is 0 Å². The van der Waals surface area contributed by atoms with Crippen LogP contribution in [0.15, 0.2) is 64.4 Å². The molecule has 1 aliphatic carbocycles. The maximum atomic E-state index is 12.6. The molecule has 0 unspecified atom stereocenters. The molecule has 1 aliphatic rings. The van der Waals surface area contributed by atoms with Crippen molar-refractivity contribution in [2.45, 2.75) is 38.7 Å². The molecule has 3 rings (SSSR count). The summed E-state index contributed by atoms with van der Waals surface area (Å²) in [7, 11) is 0. The average molecular weight is 353 g/mol. The predicted octanol–water partition coefficient (Wildman–Crippen LogP) is 3.68. The summed E-state index contributed by atoms with van der Waals surface area (Å²) in [6, 6.07) is 12.9. The molecular formula is C21H23NO4. The van der Waals surface area contributed by atoms with Crippen LogP contribution in [0.4, 0.5) is 5.69 Å². The van der Waals surface area contributed by atoms with Crippen molar-refractivity contribution in [3.05, 3.63) is 65.8 Å². The van der Waals surface area contributed by atoms with Crippen molar-refractivity contribution in [3.8, 4) is 0 Å². The van der Waals surface area contributed by atoms with Gasteiger partial charge in [0.2, 0.25) is 0 Å². The third kappa shape index (κ3) is 3.35. The van der Waals surface area contributed by atoms with Gasteiger partial charge in [-0.25, -0.2) is 0 Å². The monoisotopic (exact) mass is 353 g/mol. The molecule has 0 spiro atoms. The fraction of sp³-hybridized carbons (Fsp3) is 0.333. The quantitative estimate of drug-likeness (QED) is 0.857. The lowest BCUT2D eigenvalue weighted by atomic mass is 9.65. The first-order chi connectivity index (χ1) is 12.3. The summed E-state index contributed by atoms with van der Waals surface area (Å²) in [6.45, 7) is 4.57. The molecule has 5 nitrogen and oxygen atoms in total. The Bertz CT molecular complexity index is 834. The zero-order chi connectivity index (χ0) is 18.9. The first-order valence-corrected chi connectivity index (χ1v) is 8.63. The fourth-order valence-electron chi connectivity index (χ4n) is 3.96. The number of Topliss-reactive ketones (excluding diaryl/α,β-unsaturated/α-hetero) is 2. The fourth-order valence-corrected chi connectivity index (χ4v) is 3.96. The van der Waals surface area contributed by atoms with Crippen molar-refractivity contribution < 1.29 is 19.1 Å². The zero-order valence-electron chi connectivity index (χ0n) is 15.2. The van der Waals surface area contributed by atoms with E-state index < -0.39 is 17.4 Å². The Morgan fingerprint density at radius 3 is 2.38 bits per heavy atom. The number of ketones is 2. The molecule has 2 aromatic rings. The molecule has 1 heterocycles. The SMILES string of the molecule is CC(=O)C1=C(Nc2ccccc2)C[C@](C)(O)[C@@H](C(C)=O)[C@H]1c1ccco1. The topological polar surface area (TPSA) is 79.5 Å². The minimum absolute atomic E-state index is 0.147. The lowest BCUT2D eigenvalue weighted by Crippen LogP contribution is -2.48. The van der Waals surface area contributed by atoms with Gasteiger partial charge in [-0.1, -0.05) is 18.2 Å². The number of benzene rings is 1. The van der Waals surface area contributed by atoms with E-state index in [2.05, 4.69) is 5.32 Å². The Kier molecular flexibility index (Phi) is 4.83. The lowest BCUT2D eigenvalue weighted by Gasteiger charge is -2.42. The number of furan rings is 1. The van der Waals surface area contributed by atoms with Gasteiger partial charge < -0.3 is 14.8 Å². The molecule has 0 bridgehead atoms. The van der Waals surface area contributed by atoms with E-state index in [1.54, 1.807) is 19.1 Å². The van der Waals surface area contributed by atoms with E-state index in [0.29, 0.717) is 17.0 Å². The van der Waals surface area contributed by atoms with Gasteiger partial charge in [0.1, 0.15) is 11.5 Å². The van der Waals surface area contributed by atoms with Gasteiger partial charge in [-0.05, 0) is 45.0 Å². The maximum absolute atomic E-state index is 12.6. The second-order valence-corrected chi connectivity index (χ2v) is 7.05. The number of carbonyl (C=O) groups is 2. The molecule has 0 radical (unpaired) electrons. The minimum atomic E-state index is -1.31. The van der Waals surface area contributed by atoms with E-state index in [4.69, 9.17) is 4.42 Å². The number of anilines is 1. The highest BCUT2D eigenvalue weighted by Crippen LogP contribution is 2.47. The molecule has 3 atom stereocenters. The summed E-state index contributed by atoms with van der Waals surface area (Å²) >= 11 is 0. The van der Waals surface area contributed by atoms with Crippen LogP contribution in [-0.2, 0) is 9.59 Å². The summed E-state index contributed by atoms with van der Waals surface area (Å²) in [5.41, 5.74) is 0.610. The Balaban J connectivity index is 2.18. The highest BCUT2D eigenvalue weighted by atomic mass is 16.3. The molecule has 5 heteroatoms. The number of nitrogens with one attached hydrogen (secondary N) is 1. The van der Waals surface area contributed by atoms with Gasteiger partial charge in [0, 0.05) is 23.4 Å². The standard InChI is InChI=1S/C21H23NO4/c1-13(23)18-16(22-15-8-5-4-6-9-15)12-21(3,25)20(14(2)24)19(18)17-10-7-11-26-17/h4-11,19-20,22,25H,12H2,1-3H3/t19-,20-,21-/m0/s1. The summed E-state index contributed by atoms with van der Waals surface area (Å²) in [6.07, 6.45) is 1.69. The number of allylic oxidation sites excluding steroid dienone is 1. The van der Waals surface area contributed by atoms with Crippen LogP contribution >= 0.6 is 0 Å². The molecular weight excluding hydrogens is 330 g/mol. The van der Waals surface area contributed by atoms with Gasteiger partial charge >= 0.3 is 0 Å². The van der Waals surface area contributed by atoms with Crippen molar-refractivity contribution in [2.24, 2.45) is 5.92 Å². The largest absolute Gasteiger partial charge is 0.469 e. The highest BCUT2D eigenvalue weighted by Gasteiger charge is 2.50. The Hall–Kier alpha value is -2.66. The highest BCUT2D eigenvalue weighted by molar-refractivity contribution is 5.98. The van der Waals surface area contributed by atoms with Gasteiger partial charge in [-0.3, -0.25) is 9.59 Å². The van der Waals surface area contributed by atoms with Crippen molar-refractivity contribution >= 4 is 17.3 Å². The third-order valence-electron chi connectivity index (χ3n) is 4.91. The lowest BCUT2D eigenvalue weighted by molar-refractivity contribution is -0.131. The number of rotatable bonds is 5. The van der Waals surface area contributed by atoms with Crippen LogP contribution in [0.5, 0.6) is 0 Å². The van der Waals surface area contributed by atoms with Crippen LogP contribution in [0.1, 0.15) is 38.9 Å². The first-order valence-electron chi connectivity index (χ1n) is 8.63. The van der Waals surface area contributed by atoms with Crippen molar-refractivity contribution in [2.75, 3.05) is 5.32 Å². The van der Waals surface area contributed by atoms with Crippen LogP contribution < -0.4 is 5.32 Å². The molecule has 0 saturated carbocycles. The van der Waals surface area contributed by atoms with Gasteiger partial charge in [0.15, 0.2) is 5.78 Å². The maximum Gasteiger partial charge on any atom is 0.158 e. The molecule has 136 valence electrons. The van der Waals surface area contributed by atoms with Crippen LogP contribution in [-0.4, -0.2) is 22.3 Å². The second-order valence-electron chi connectivity index (χ2n) is 7.05. The predicted molar refractivity (Wildman–Crippen MR) is 98.6 cm³/mol. The number of hydrogen-bond acceptors (Lipinski definition) is 5. The van der Waals surface area contributed by atoms with Crippen molar-refractivity contribution in [1.82, 2.24) is 0 Å². The average Bonchev–Trinajstić information content (AvgIpc) is 3.07. The van der Waals surface area contributed by atoms with Gasteiger partial charge in [-0.2, -0.15) is 0 Å². The minimum Gasteiger partial charge on any atom is -0.469 e. The molecule has 0 fully saturated rings. The van der Waals surface area contributed by atoms with E-state index in [-0.39, 0.29) is 18.0 Å². The first kappa shape index (κ1) is 18.1. The Labute approximate surface area is 152 Å². The molecule has 1 aromatic carbocycles. The van der Waals surface area contributed by atoms with Crippen molar-refractivity contribution in [1.29, 1.82) is 0 Å². The van der Waals surface area contributed by atoms with Crippen LogP contribution in [0.2, 0.25) is 0 Å². The van der Waals surface area contributed by atoms with E-state index in [1.165, 1.54) is 20.1 Å². The molecule has 1 aromatic heterocycles. The summed E-state index contributed by atoms with van der Waals surface area (Å²) in [4.78, 5) is 24.9. The molecule has 0 saturated heterocycles. The van der Waals surface area contributed by atoms with Crippen LogP contribution in [0, 0.1) is 5.92 Å². The Morgan fingerprint density at radius 1 is 1.15 bits per heavy atom. The van der Waals surface area contributed by atoms with Gasteiger partial charge in [0.05, 0.1) is 23.7 Å². The molecule has 2 N–H and O–H groups in total. The number of hydrogen-bond donors (Lipinski definition) is 2. The number of para-hydroxylation sites is 1. The van der Waals surface area contributed by atoms with Gasteiger partial charge in [-0.15, -0.1) is 0 Å². The third-order valence-corrected chi connectivity index (χ3v) is 4.91. The van der Waals surface area contributed by atoms with E-state index in [0.717, 1.165) is 5.69 Å². The Morgan fingerprint density at radius 2 is 1.85 bits per heavy atom. The van der Waals surface area contributed by atoms with Crippen LogP contribution in [0.3, 0.4) is 0 Å². The smallest absolute Gasteiger partial charge is 0.158 e. The second kappa shape index (κ2) is 6.92. The normalized spacial score (nSPS) is 25.8. The molecule has 0 aliphatic heterocycles. The van der Waals surface area contributed by atoms with E-state index in [1.807, 2.05) is 30.3 Å². The molecule has 26 heavy (non-hydrogen) atoms. The number of carbonyl (C=O) groups excluding carboxylic acids is 2. The van der Waals surface area contributed by atoms with Gasteiger partial charge in [0.25, 0.3) is 0 Å². The summed E-state index contributed by atoms with van der Waals surface area (Å²) in [5, 5.41) is 14.3. The molecule has 0 amide bonds. The van der Waals surface area contributed by atoms with E-state index in [9.17, 15) is 14.7 Å². The number of aliphatic hydroxyl groups is 1. The zero-order valence-corrected chi connectivity index (χ0v) is 15.2.